The van der Waals surface area contributed by atoms with Crippen LogP contribution in [-0.4, -0.2) is 49.8 Å². The van der Waals surface area contributed by atoms with E-state index in [1.807, 2.05) is 12.1 Å². The largest absolute Gasteiger partial charge is 0.493 e. The molecule has 0 saturated heterocycles. The molecule has 0 fully saturated rings. The minimum Gasteiger partial charge on any atom is -0.493 e. The molecule has 0 unspecified atom stereocenters. The number of H-pyrrole nitrogens is 1. The average molecular weight is 425 g/mol. The molecule has 2 N–H and O–H groups in total. The SMILES string of the molecule is COc1ccc(C=NNc2nnc(Cc3ccc(OC)c(OC)c3)c(=O)[nH]2)cc1OC. The molecule has 31 heavy (non-hydrogen) atoms. The summed E-state index contributed by atoms with van der Waals surface area (Å²) in [5.41, 5.74) is 4.16. The Hall–Kier alpha value is -4.08. The number of aromatic amines is 1. The molecular formula is C21H23N5O5. The fraction of sp³-hybridized carbons (Fsp3) is 0.238. The van der Waals surface area contributed by atoms with Crippen LogP contribution in [0.3, 0.4) is 0 Å². The molecule has 1 heterocycles. The van der Waals surface area contributed by atoms with Crippen molar-refractivity contribution >= 4 is 12.2 Å². The van der Waals surface area contributed by atoms with Crippen LogP contribution in [0.1, 0.15) is 16.8 Å². The zero-order valence-corrected chi connectivity index (χ0v) is 17.6. The molecule has 0 aliphatic carbocycles. The van der Waals surface area contributed by atoms with Gasteiger partial charge in [-0.25, -0.2) is 5.43 Å². The zero-order valence-electron chi connectivity index (χ0n) is 17.6. The van der Waals surface area contributed by atoms with E-state index in [4.69, 9.17) is 18.9 Å². The standard InChI is InChI=1S/C21H23N5O5/c1-28-16-7-5-13(10-18(16)30-3)9-15-20(27)23-21(26-24-15)25-22-12-14-6-8-17(29-2)19(11-14)31-4/h5-8,10-12H,9H2,1-4H3,(H2,23,25,26,27). The van der Waals surface area contributed by atoms with E-state index in [0.717, 1.165) is 11.1 Å². The van der Waals surface area contributed by atoms with Crippen LogP contribution in [-0.2, 0) is 6.42 Å². The van der Waals surface area contributed by atoms with Gasteiger partial charge in [0.05, 0.1) is 34.7 Å². The molecule has 10 heteroatoms. The minimum absolute atomic E-state index is 0.123. The van der Waals surface area contributed by atoms with Crippen molar-refractivity contribution in [3.8, 4) is 23.0 Å². The van der Waals surface area contributed by atoms with E-state index in [-0.39, 0.29) is 23.6 Å². The minimum atomic E-state index is -0.367. The highest BCUT2D eigenvalue weighted by atomic mass is 16.5. The molecule has 1 aromatic heterocycles. The fourth-order valence-corrected chi connectivity index (χ4v) is 2.81. The van der Waals surface area contributed by atoms with Gasteiger partial charge in [0.2, 0.25) is 5.95 Å². The molecule has 0 amide bonds. The van der Waals surface area contributed by atoms with Crippen LogP contribution in [0.5, 0.6) is 23.0 Å². The second kappa shape index (κ2) is 10.1. The smallest absolute Gasteiger partial charge is 0.274 e. The number of aromatic nitrogens is 3. The summed E-state index contributed by atoms with van der Waals surface area (Å²) >= 11 is 0. The van der Waals surface area contributed by atoms with E-state index in [1.165, 1.54) is 0 Å². The lowest BCUT2D eigenvalue weighted by molar-refractivity contribution is 0.354. The first-order valence-corrected chi connectivity index (χ1v) is 9.25. The molecule has 162 valence electrons. The number of nitrogens with zero attached hydrogens (tertiary/aromatic N) is 3. The molecule has 0 radical (unpaired) electrons. The lowest BCUT2D eigenvalue weighted by Crippen LogP contribution is -2.18. The van der Waals surface area contributed by atoms with Crippen LogP contribution in [0.2, 0.25) is 0 Å². The van der Waals surface area contributed by atoms with Crippen molar-refractivity contribution < 1.29 is 18.9 Å². The van der Waals surface area contributed by atoms with Gasteiger partial charge in [-0.1, -0.05) is 6.07 Å². The van der Waals surface area contributed by atoms with Gasteiger partial charge >= 0.3 is 0 Å². The van der Waals surface area contributed by atoms with E-state index < -0.39 is 0 Å². The van der Waals surface area contributed by atoms with Crippen LogP contribution in [0, 0.1) is 0 Å². The Balaban J connectivity index is 1.68. The number of benzene rings is 2. The van der Waals surface area contributed by atoms with Gasteiger partial charge in [-0.05, 0) is 41.5 Å². The van der Waals surface area contributed by atoms with Crippen LogP contribution in [0.15, 0.2) is 46.3 Å². The average Bonchev–Trinajstić information content (AvgIpc) is 2.80. The number of hydrazone groups is 1. The number of nitrogens with one attached hydrogen (secondary N) is 2. The van der Waals surface area contributed by atoms with E-state index in [2.05, 4.69) is 25.7 Å². The molecule has 0 saturated carbocycles. The topological polar surface area (TPSA) is 120 Å². The van der Waals surface area contributed by atoms with Crippen molar-refractivity contribution in [1.82, 2.24) is 15.2 Å². The number of ether oxygens (including phenoxy) is 4. The number of rotatable bonds is 9. The van der Waals surface area contributed by atoms with Crippen molar-refractivity contribution in [2.24, 2.45) is 5.10 Å². The molecule has 0 bridgehead atoms. The fourth-order valence-electron chi connectivity index (χ4n) is 2.81. The summed E-state index contributed by atoms with van der Waals surface area (Å²) < 4.78 is 21.0. The van der Waals surface area contributed by atoms with Gasteiger partial charge in [-0.3, -0.25) is 9.78 Å². The Morgan fingerprint density at radius 1 is 0.903 bits per heavy atom. The molecule has 3 aromatic rings. The third kappa shape index (κ3) is 5.30. The molecular weight excluding hydrogens is 402 g/mol. The van der Waals surface area contributed by atoms with Crippen molar-refractivity contribution in [3.05, 3.63) is 63.6 Å². The number of hydrogen-bond acceptors (Lipinski definition) is 9. The normalized spacial score (nSPS) is 10.7. The van der Waals surface area contributed by atoms with Crippen LogP contribution < -0.4 is 29.9 Å². The number of methoxy groups -OCH3 is 4. The quantitative estimate of drug-likeness (QED) is 0.396. The molecule has 0 spiro atoms. The predicted octanol–water partition coefficient (Wildman–Crippen LogP) is 2.24. The van der Waals surface area contributed by atoms with Gasteiger partial charge in [0.25, 0.3) is 5.56 Å². The van der Waals surface area contributed by atoms with E-state index in [0.29, 0.717) is 23.0 Å². The highest BCUT2D eigenvalue weighted by molar-refractivity contribution is 5.81. The summed E-state index contributed by atoms with van der Waals surface area (Å²) in [6.45, 7) is 0. The first kappa shape index (κ1) is 21.6. The third-order valence-corrected chi connectivity index (χ3v) is 4.38. The maximum atomic E-state index is 12.4. The first-order valence-electron chi connectivity index (χ1n) is 9.25. The van der Waals surface area contributed by atoms with Crippen molar-refractivity contribution in [2.75, 3.05) is 33.9 Å². The van der Waals surface area contributed by atoms with Gasteiger partial charge in [0.15, 0.2) is 23.0 Å². The second-order valence-corrected chi connectivity index (χ2v) is 6.30. The Labute approximate surface area is 178 Å². The van der Waals surface area contributed by atoms with Gasteiger partial charge in [-0.15, -0.1) is 10.2 Å². The van der Waals surface area contributed by atoms with Crippen LogP contribution >= 0.6 is 0 Å². The summed E-state index contributed by atoms with van der Waals surface area (Å²) in [7, 11) is 6.24. The van der Waals surface area contributed by atoms with E-state index in [9.17, 15) is 4.79 Å². The van der Waals surface area contributed by atoms with Gasteiger partial charge in [0.1, 0.15) is 5.69 Å². The molecule has 10 nitrogen and oxygen atoms in total. The Bertz CT molecular complexity index is 1130. The van der Waals surface area contributed by atoms with Gasteiger partial charge in [-0.2, -0.15) is 5.10 Å². The highest BCUT2D eigenvalue weighted by Crippen LogP contribution is 2.28. The summed E-state index contributed by atoms with van der Waals surface area (Å²) in [6.07, 6.45) is 1.84. The maximum absolute atomic E-state index is 12.4. The summed E-state index contributed by atoms with van der Waals surface area (Å²) in [5.74, 6) is 2.51. The number of anilines is 1. The predicted molar refractivity (Wildman–Crippen MR) is 116 cm³/mol. The molecule has 3 rings (SSSR count). The Morgan fingerprint density at radius 2 is 1.55 bits per heavy atom. The molecule has 0 aliphatic heterocycles. The lowest BCUT2D eigenvalue weighted by Gasteiger charge is -2.09. The van der Waals surface area contributed by atoms with Crippen molar-refractivity contribution in [2.45, 2.75) is 6.42 Å². The summed E-state index contributed by atoms with van der Waals surface area (Å²) in [6, 6.07) is 10.7. The molecule has 2 aromatic carbocycles. The number of hydrogen-bond donors (Lipinski definition) is 2. The van der Waals surface area contributed by atoms with Crippen molar-refractivity contribution in [3.63, 3.8) is 0 Å². The highest BCUT2D eigenvalue weighted by Gasteiger charge is 2.09. The van der Waals surface area contributed by atoms with Crippen molar-refractivity contribution in [1.29, 1.82) is 0 Å². The maximum Gasteiger partial charge on any atom is 0.274 e. The monoisotopic (exact) mass is 425 g/mol. The van der Waals surface area contributed by atoms with Gasteiger partial charge in [0, 0.05) is 6.42 Å². The zero-order chi connectivity index (χ0) is 22.2. The van der Waals surface area contributed by atoms with E-state index in [1.54, 1.807) is 58.9 Å². The Morgan fingerprint density at radius 3 is 2.19 bits per heavy atom. The van der Waals surface area contributed by atoms with Crippen LogP contribution in [0.4, 0.5) is 5.95 Å². The summed E-state index contributed by atoms with van der Waals surface area (Å²) in [4.78, 5) is 15.0. The molecule has 0 aliphatic rings. The van der Waals surface area contributed by atoms with Crippen LogP contribution in [0.25, 0.3) is 0 Å². The Kier molecular flexibility index (Phi) is 7.05. The summed E-state index contributed by atoms with van der Waals surface area (Å²) in [5, 5.41) is 12.0. The lowest BCUT2D eigenvalue weighted by atomic mass is 10.1. The van der Waals surface area contributed by atoms with Gasteiger partial charge < -0.3 is 18.9 Å². The third-order valence-electron chi connectivity index (χ3n) is 4.38. The second-order valence-electron chi connectivity index (χ2n) is 6.30. The molecule has 0 atom stereocenters. The van der Waals surface area contributed by atoms with E-state index >= 15 is 0 Å². The first-order chi connectivity index (χ1) is 15.1.